The van der Waals surface area contributed by atoms with Crippen LogP contribution in [0.25, 0.3) is 0 Å². The number of unbranched alkanes of at least 4 members (excludes halogenated alkanes) is 1. The highest BCUT2D eigenvalue weighted by molar-refractivity contribution is 7.80. The van der Waals surface area contributed by atoms with Gasteiger partial charge in [-0.1, -0.05) is 6.42 Å². The molecule has 0 aromatic carbocycles. The smallest absolute Gasteiger partial charge is 0.171 e. The van der Waals surface area contributed by atoms with Crippen molar-refractivity contribution < 1.29 is 4.43 Å². The Labute approximate surface area is 77.7 Å². The van der Waals surface area contributed by atoms with Crippen LogP contribution >= 0.6 is 12.6 Å². The molecule has 1 unspecified atom stereocenters. The average molecular weight is 192 g/mol. The van der Waals surface area contributed by atoms with Crippen molar-refractivity contribution in [3.05, 3.63) is 0 Å². The van der Waals surface area contributed by atoms with E-state index < -0.39 is 9.04 Å². The first-order valence-electron chi connectivity index (χ1n) is 4.43. The van der Waals surface area contributed by atoms with Gasteiger partial charge < -0.3 is 4.43 Å². The van der Waals surface area contributed by atoms with Crippen molar-refractivity contribution in [2.75, 3.05) is 5.75 Å². The number of rotatable bonds is 6. The fraction of sp³-hybridized carbons (Fsp3) is 1.00. The molecule has 11 heavy (non-hydrogen) atoms. The molecule has 0 saturated heterocycles. The summed E-state index contributed by atoms with van der Waals surface area (Å²) in [7, 11) is -0.799. The van der Waals surface area contributed by atoms with Gasteiger partial charge in [0.1, 0.15) is 0 Å². The Hall–Kier alpha value is 0.527. The Morgan fingerprint density at radius 1 is 1.36 bits per heavy atom. The van der Waals surface area contributed by atoms with E-state index in [2.05, 4.69) is 32.6 Å². The number of hydrogen-bond acceptors (Lipinski definition) is 2. The summed E-state index contributed by atoms with van der Waals surface area (Å²) in [5.74, 6) is 1.01. The first-order chi connectivity index (χ1) is 5.16. The summed E-state index contributed by atoms with van der Waals surface area (Å²) >= 11 is 4.16. The second kappa shape index (κ2) is 7.19. The lowest BCUT2D eigenvalue weighted by Crippen LogP contribution is -2.17. The molecule has 0 aliphatic heterocycles. The highest BCUT2D eigenvalue weighted by atomic mass is 32.1. The molecule has 0 radical (unpaired) electrons. The molecule has 0 aromatic rings. The molecular weight excluding hydrogens is 172 g/mol. The van der Waals surface area contributed by atoms with Crippen LogP contribution in [-0.2, 0) is 4.43 Å². The summed E-state index contributed by atoms with van der Waals surface area (Å²) in [6.07, 6.45) is 4.15. The van der Waals surface area contributed by atoms with Crippen molar-refractivity contribution in [3.63, 3.8) is 0 Å². The van der Waals surface area contributed by atoms with Gasteiger partial charge >= 0.3 is 0 Å². The summed E-state index contributed by atoms with van der Waals surface area (Å²) in [4.78, 5) is 0. The maximum Gasteiger partial charge on any atom is 0.171 e. The van der Waals surface area contributed by atoms with Crippen LogP contribution in [0.15, 0.2) is 0 Å². The van der Waals surface area contributed by atoms with Gasteiger partial charge in [0.2, 0.25) is 0 Å². The van der Waals surface area contributed by atoms with Crippen LogP contribution in [0.1, 0.15) is 26.2 Å². The predicted octanol–water partition coefficient (Wildman–Crippen LogP) is 2.48. The van der Waals surface area contributed by atoms with Crippen LogP contribution in [0.5, 0.6) is 0 Å². The van der Waals surface area contributed by atoms with Gasteiger partial charge in [-0.2, -0.15) is 12.6 Å². The Morgan fingerprint density at radius 3 is 2.45 bits per heavy atom. The van der Waals surface area contributed by atoms with Crippen LogP contribution < -0.4 is 0 Å². The summed E-state index contributed by atoms with van der Waals surface area (Å²) in [6.45, 7) is 6.61. The second-order valence-electron chi connectivity index (χ2n) is 3.21. The molecule has 0 rings (SSSR count). The van der Waals surface area contributed by atoms with Gasteiger partial charge in [0.25, 0.3) is 0 Å². The molecule has 0 spiro atoms. The van der Waals surface area contributed by atoms with E-state index in [9.17, 15) is 0 Å². The third-order valence-corrected chi connectivity index (χ3v) is 2.85. The lowest BCUT2D eigenvalue weighted by Gasteiger charge is -2.14. The zero-order valence-corrected chi connectivity index (χ0v) is 9.89. The Balaban J connectivity index is 3.15. The fourth-order valence-corrected chi connectivity index (χ4v) is 2.37. The van der Waals surface area contributed by atoms with E-state index in [1.165, 1.54) is 19.3 Å². The third kappa shape index (κ3) is 8.43. The monoisotopic (exact) mass is 192 g/mol. The molecule has 0 aliphatic carbocycles. The van der Waals surface area contributed by atoms with Crippen molar-refractivity contribution in [1.82, 2.24) is 0 Å². The van der Waals surface area contributed by atoms with Crippen LogP contribution in [0.3, 0.4) is 0 Å². The van der Waals surface area contributed by atoms with E-state index in [1.54, 1.807) is 0 Å². The summed E-state index contributed by atoms with van der Waals surface area (Å²) < 4.78 is 5.71. The molecule has 0 bridgehead atoms. The Kier molecular flexibility index (Phi) is 7.54. The van der Waals surface area contributed by atoms with Gasteiger partial charge in [-0.25, -0.2) is 0 Å². The van der Waals surface area contributed by atoms with Crippen LogP contribution in [0.2, 0.25) is 13.1 Å². The highest BCUT2D eigenvalue weighted by Gasteiger charge is 2.03. The lowest BCUT2D eigenvalue weighted by molar-refractivity contribution is 0.211. The topological polar surface area (TPSA) is 9.23 Å². The Bertz CT molecular complexity index is 88.2. The largest absolute Gasteiger partial charge is 0.418 e. The van der Waals surface area contributed by atoms with E-state index >= 15 is 0 Å². The minimum atomic E-state index is -0.799. The maximum absolute atomic E-state index is 5.71. The molecule has 1 atom stereocenters. The average Bonchev–Trinajstić information content (AvgIpc) is 1.86. The standard InChI is InChI=1S/C8H20OSSi/c1-8(9-11(2)3)6-4-5-7-10/h8,10-11H,4-7H2,1-3H3. The van der Waals surface area contributed by atoms with E-state index in [-0.39, 0.29) is 0 Å². The fourth-order valence-electron chi connectivity index (χ4n) is 1.08. The van der Waals surface area contributed by atoms with Crippen molar-refractivity contribution >= 4 is 21.7 Å². The van der Waals surface area contributed by atoms with Gasteiger partial charge in [0.05, 0.1) is 0 Å². The predicted molar refractivity (Wildman–Crippen MR) is 57.1 cm³/mol. The van der Waals surface area contributed by atoms with Gasteiger partial charge in [0, 0.05) is 6.10 Å². The van der Waals surface area contributed by atoms with Gasteiger partial charge in [-0.05, 0) is 38.6 Å². The zero-order valence-electron chi connectivity index (χ0n) is 7.84. The highest BCUT2D eigenvalue weighted by Crippen LogP contribution is 2.05. The molecular formula is C8H20OSSi. The van der Waals surface area contributed by atoms with Crippen LogP contribution in [0, 0.1) is 0 Å². The number of thiol groups is 1. The minimum Gasteiger partial charge on any atom is -0.418 e. The van der Waals surface area contributed by atoms with Crippen LogP contribution in [-0.4, -0.2) is 20.9 Å². The van der Waals surface area contributed by atoms with Crippen LogP contribution in [0.4, 0.5) is 0 Å². The molecule has 0 N–H and O–H groups in total. The SMILES string of the molecule is CC(CCCCS)O[SiH](C)C. The second-order valence-corrected chi connectivity index (χ2v) is 6.03. The summed E-state index contributed by atoms with van der Waals surface area (Å²) in [5.41, 5.74) is 0. The summed E-state index contributed by atoms with van der Waals surface area (Å²) in [6, 6.07) is 0. The van der Waals surface area contributed by atoms with E-state index in [0.717, 1.165) is 5.75 Å². The van der Waals surface area contributed by atoms with Gasteiger partial charge in [-0.15, -0.1) is 0 Å². The molecule has 0 aliphatic rings. The van der Waals surface area contributed by atoms with E-state index in [0.29, 0.717) is 6.10 Å². The third-order valence-electron chi connectivity index (χ3n) is 1.52. The van der Waals surface area contributed by atoms with Gasteiger partial charge in [0.15, 0.2) is 9.04 Å². The quantitative estimate of drug-likeness (QED) is 0.386. The zero-order chi connectivity index (χ0) is 8.69. The molecule has 1 nitrogen and oxygen atoms in total. The first kappa shape index (κ1) is 11.5. The molecule has 0 aromatic heterocycles. The molecule has 0 saturated carbocycles. The summed E-state index contributed by atoms with van der Waals surface area (Å²) in [5, 5.41) is 0. The Morgan fingerprint density at radius 2 is 2.00 bits per heavy atom. The number of hydrogen-bond donors (Lipinski definition) is 1. The first-order valence-corrected chi connectivity index (χ1v) is 7.84. The van der Waals surface area contributed by atoms with Crippen molar-refractivity contribution in [3.8, 4) is 0 Å². The molecule has 0 heterocycles. The van der Waals surface area contributed by atoms with E-state index in [1.807, 2.05) is 0 Å². The van der Waals surface area contributed by atoms with Gasteiger partial charge in [-0.3, -0.25) is 0 Å². The normalized spacial score (nSPS) is 13.9. The van der Waals surface area contributed by atoms with E-state index in [4.69, 9.17) is 4.43 Å². The molecule has 68 valence electrons. The minimum absolute atomic E-state index is 0.474. The van der Waals surface area contributed by atoms with Crippen molar-refractivity contribution in [2.24, 2.45) is 0 Å². The lowest BCUT2D eigenvalue weighted by atomic mass is 10.2. The van der Waals surface area contributed by atoms with Crippen molar-refractivity contribution in [2.45, 2.75) is 45.4 Å². The maximum atomic E-state index is 5.71. The molecule has 0 fully saturated rings. The molecule has 0 amide bonds. The van der Waals surface area contributed by atoms with Crippen molar-refractivity contribution in [1.29, 1.82) is 0 Å². The molecule has 3 heteroatoms.